The van der Waals surface area contributed by atoms with Crippen molar-refractivity contribution in [2.24, 2.45) is 0 Å². The van der Waals surface area contributed by atoms with Crippen LogP contribution in [0.25, 0.3) is 0 Å². The molecule has 0 radical (unpaired) electrons. The van der Waals surface area contributed by atoms with Crippen molar-refractivity contribution in [1.29, 1.82) is 0 Å². The first-order chi connectivity index (χ1) is 3.77. The Morgan fingerprint density at radius 3 is 2.12 bits per heavy atom. The molecule has 0 saturated heterocycles. The van der Waals surface area contributed by atoms with Gasteiger partial charge in [-0.1, -0.05) is 0 Å². The second kappa shape index (κ2) is 9.57. The monoisotopic (exact) mass is 118 g/mol. The lowest BCUT2D eigenvalue weighted by molar-refractivity contribution is -0.109. The maximum absolute atomic E-state index is 9.46. The molecule has 0 amide bonds. The number of rotatable bonds is 2. The van der Waals surface area contributed by atoms with Gasteiger partial charge in [-0.15, -0.1) is 0 Å². The quantitative estimate of drug-likeness (QED) is 0.509. The highest BCUT2D eigenvalue weighted by Gasteiger charge is 1.87. The van der Waals surface area contributed by atoms with Crippen molar-refractivity contribution in [3.05, 3.63) is 0 Å². The number of carbonyl (C=O) groups is 2. The van der Waals surface area contributed by atoms with Crippen LogP contribution in [0.15, 0.2) is 0 Å². The predicted octanol–water partition coefficient (Wildman–Crippen LogP) is -0.229. The summed E-state index contributed by atoms with van der Waals surface area (Å²) in [5.41, 5.74) is 0. The first kappa shape index (κ1) is 10.3. The van der Waals surface area contributed by atoms with Crippen molar-refractivity contribution in [2.75, 3.05) is 0 Å². The van der Waals surface area contributed by atoms with E-state index in [1.165, 1.54) is 0 Å². The summed E-state index contributed by atoms with van der Waals surface area (Å²) in [6.07, 6.45) is 0.479. The van der Waals surface area contributed by atoms with Gasteiger partial charge in [-0.05, 0) is 6.92 Å². The Balaban J connectivity index is 0. The Labute approximate surface area is 48.3 Å². The Morgan fingerprint density at radius 1 is 1.75 bits per heavy atom. The highest BCUT2D eigenvalue weighted by Crippen LogP contribution is 1.79. The molecule has 1 N–H and O–H groups in total. The second-order valence-corrected chi connectivity index (χ2v) is 1.25. The van der Waals surface area contributed by atoms with Gasteiger partial charge in [-0.3, -0.25) is 0 Å². The van der Waals surface area contributed by atoms with Gasteiger partial charge in [0.05, 0.1) is 6.10 Å². The van der Waals surface area contributed by atoms with Crippen molar-refractivity contribution in [1.82, 2.24) is 0 Å². The molecule has 0 heterocycles. The minimum absolute atomic E-state index is 0.250. The van der Waals surface area contributed by atoms with Gasteiger partial charge >= 0.3 is 0 Å². The van der Waals surface area contributed by atoms with Crippen molar-refractivity contribution < 1.29 is 14.7 Å². The largest absolute Gasteiger partial charge is 0.393 e. The predicted molar refractivity (Wildman–Crippen MR) is 29.5 cm³/mol. The molecule has 0 aromatic rings. The van der Waals surface area contributed by atoms with Crippen LogP contribution in [0, 0.1) is 0 Å². The van der Waals surface area contributed by atoms with Crippen LogP contribution in [0.4, 0.5) is 0 Å². The lowest BCUT2D eigenvalue weighted by Crippen LogP contribution is -1.97. The van der Waals surface area contributed by atoms with Crippen LogP contribution in [-0.4, -0.2) is 24.3 Å². The van der Waals surface area contributed by atoms with E-state index in [9.17, 15) is 4.79 Å². The Hall–Kier alpha value is -0.700. The maximum atomic E-state index is 9.46. The summed E-state index contributed by atoms with van der Waals surface area (Å²) in [4.78, 5) is 17.5. The minimum Gasteiger partial charge on any atom is -0.393 e. The van der Waals surface area contributed by atoms with E-state index in [0.29, 0.717) is 6.29 Å². The summed E-state index contributed by atoms with van der Waals surface area (Å²) in [6, 6.07) is 0. The highest BCUT2D eigenvalue weighted by molar-refractivity contribution is 5.49. The molecule has 8 heavy (non-hydrogen) atoms. The molecule has 0 aromatic heterocycles. The van der Waals surface area contributed by atoms with E-state index < -0.39 is 6.10 Å². The third-order valence-electron chi connectivity index (χ3n) is 0.437. The number of aliphatic hydroxyl groups is 1. The Morgan fingerprint density at radius 2 is 2.12 bits per heavy atom. The van der Waals surface area contributed by atoms with E-state index in [1.54, 1.807) is 6.92 Å². The van der Waals surface area contributed by atoms with Gasteiger partial charge in [0, 0.05) is 6.42 Å². The smallest absolute Gasteiger partial charge is 0.122 e. The molecule has 0 aliphatic rings. The van der Waals surface area contributed by atoms with Crippen LogP contribution in [-0.2, 0) is 9.59 Å². The number of carbonyl (C=O) groups excluding carboxylic acids is 2. The van der Waals surface area contributed by atoms with E-state index in [1.807, 2.05) is 6.79 Å². The fourth-order valence-corrected chi connectivity index (χ4v) is 0.139. The molecular weight excluding hydrogens is 108 g/mol. The fraction of sp³-hybridized carbons (Fsp3) is 0.600. The maximum Gasteiger partial charge on any atom is 0.122 e. The molecule has 1 unspecified atom stereocenters. The first-order valence-corrected chi connectivity index (χ1v) is 2.18. The Kier molecular flexibility index (Phi) is 12.3. The summed E-state index contributed by atoms with van der Waals surface area (Å²) in [5, 5.41) is 8.32. The van der Waals surface area contributed by atoms with E-state index in [4.69, 9.17) is 9.90 Å². The Bertz CT molecular complexity index is 51.6. The standard InChI is InChI=1S/C4H8O2.CH2O/c1-4(6)2-3-5;1-2/h3-4,6H,2H2,1H3;1H2. The zero-order chi connectivity index (χ0) is 6.99. The summed E-state index contributed by atoms with van der Waals surface area (Å²) < 4.78 is 0. The van der Waals surface area contributed by atoms with Crippen molar-refractivity contribution in [3.63, 3.8) is 0 Å². The molecule has 1 atom stereocenters. The second-order valence-electron chi connectivity index (χ2n) is 1.25. The molecule has 3 heteroatoms. The average molecular weight is 118 g/mol. The van der Waals surface area contributed by atoms with Crippen LogP contribution in [0.3, 0.4) is 0 Å². The molecular formula is C5H10O3. The lowest BCUT2D eigenvalue weighted by atomic mass is 10.3. The van der Waals surface area contributed by atoms with Crippen LogP contribution in [0.2, 0.25) is 0 Å². The molecule has 0 spiro atoms. The summed E-state index contributed by atoms with van der Waals surface area (Å²) in [6.45, 7) is 3.58. The lowest BCUT2D eigenvalue weighted by Gasteiger charge is -1.89. The van der Waals surface area contributed by atoms with Crippen LogP contribution >= 0.6 is 0 Å². The fourth-order valence-electron chi connectivity index (χ4n) is 0.139. The third kappa shape index (κ3) is 18.5. The zero-order valence-corrected chi connectivity index (χ0v) is 4.83. The van der Waals surface area contributed by atoms with Crippen LogP contribution in [0.1, 0.15) is 13.3 Å². The normalized spacial score (nSPS) is 10.8. The number of hydrogen-bond acceptors (Lipinski definition) is 3. The molecule has 0 saturated carbocycles. The SMILES string of the molecule is C=O.CC(O)CC=O. The van der Waals surface area contributed by atoms with Crippen molar-refractivity contribution in [2.45, 2.75) is 19.4 Å². The molecule has 48 valence electrons. The third-order valence-corrected chi connectivity index (χ3v) is 0.437. The van der Waals surface area contributed by atoms with E-state index in [2.05, 4.69) is 0 Å². The average Bonchev–Trinajstić information content (AvgIpc) is 1.72. The highest BCUT2D eigenvalue weighted by atomic mass is 16.3. The van der Waals surface area contributed by atoms with Gasteiger partial charge in [0.1, 0.15) is 13.1 Å². The molecule has 0 fully saturated rings. The summed E-state index contributed by atoms with van der Waals surface area (Å²) in [5.74, 6) is 0. The molecule has 0 aromatic carbocycles. The minimum atomic E-state index is -0.470. The van der Waals surface area contributed by atoms with Gasteiger partial charge in [0.15, 0.2) is 0 Å². The number of hydrogen-bond donors (Lipinski definition) is 1. The topological polar surface area (TPSA) is 54.4 Å². The number of aliphatic hydroxyl groups excluding tert-OH is 1. The van der Waals surface area contributed by atoms with Gasteiger partial charge in [-0.25, -0.2) is 0 Å². The summed E-state index contributed by atoms with van der Waals surface area (Å²) in [7, 11) is 0. The van der Waals surface area contributed by atoms with Crippen LogP contribution < -0.4 is 0 Å². The molecule has 0 aliphatic carbocycles. The molecule has 3 nitrogen and oxygen atoms in total. The summed E-state index contributed by atoms with van der Waals surface area (Å²) >= 11 is 0. The van der Waals surface area contributed by atoms with Gasteiger partial charge < -0.3 is 14.7 Å². The van der Waals surface area contributed by atoms with E-state index in [-0.39, 0.29) is 6.42 Å². The molecule has 0 rings (SSSR count). The van der Waals surface area contributed by atoms with Crippen LogP contribution in [0.5, 0.6) is 0 Å². The molecule has 0 bridgehead atoms. The van der Waals surface area contributed by atoms with Crippen molar-refractivity contribution in [3.8, 4) is 0 Å². The van der Waals surface area contributed by atoms with Crippen molar-refractivity contribution >= 4 is 13.1 Å². The number of aldehydes is 1. The van der Waals surface area contributed by atoms with Gasteiger partial charge in [-0.2, -0.15) is 0 Å². The van der Waals surface area contributed by atoms with Gasteiger partial charge in [0.2, 0.25) is 0 Å². The van der Waals surface area contributed by atoms with Gasteiger partial charge in [0.25, 0.3) is 0 Å². The van der Waals surface area contributed by atoms with E-state index in [0.717, 1.165) is 0 Å². The van der Waals surface area contributed by atoms with E-state index >= 15 is 0 Å². The molecule has 0 aliphatic heterocycles. The first-order valence-electron chi connectivity index (χ1n) is 2.18. The zero-order valence-electron chi connectivity index (χ0n) is 4.83.